The molecule has 126 valence electrons. The molecule has 2 unspecified atom stereocenters. The van der Waals surface area contributed by atoms with Crippen LogP contribution in [0.5, 0.6) is 0 Å². The lowest BCUT2D eigenvalue weighted by Crippen LogP contribution is -2.48. The van der Waals surface area contributed by atoms with Gasteiger partial charge in [-0.3, -0.25) is 4.79 Å². The standard InChI is InChI=1S/C14H19F3N2O2.ClH/c1-21-11(9-18)8-13(20)19-12(14(15,16)17)7-10-5-3-2-4-6-10;/h2-6,11-12H,7-9,18H2,1H3,(H,19,20);1H. The molecule has 0 fully saturated rings. The molecule has 1 amide bonds. The van der Waals surface area contributed by atoms with Crippen molar-refractivity contribution in [3.05, 3.63) is 35.9 Å². The molecule has 3 N–H and O–H groups in total. The first kappa shape index (κ1) is 20.7. The highest BCUT2D eigenvalue weighted by molar-refractivity contribution is 5.85. The molecule has 1 rings (SSSR count). The van der Waals surface area contributed by atoms with Crippen molar-refractivity contribution in [2.75, 3.05) is 13.7 Å². The van der Waals surface area contributed by atoms with Gasteiger partial charge in [0.05, 0.1) is 12.5 Å². The van der Waals surface area contributed by atoms with Gasteiger partial charge in [0.15, 0.2) is 0 Å². The van der Waals surface area contributed by atoms with E-state index in [0.29, 0.717) is 5.56 Å². The lowest BCUT2D eigenvalue weighted by molar-refractivity contribution is -0.162. The van der Waals surface area contributed by atoms with Crippen LogP contribution in [0.25, 0.3) is 0 Å². The Morgan fingerprint density at radius 1 is 1.32 bits per heavy atom. The summed E-state index contributed by atoms with van der Waals surface area (Å²) in [4.78, 5) is 11.7. The highest BCUT2D eigenvalue weighted by Gasteiger charge is 2.40. The maximum atomic E-state index is 13.0. The van der Waals surface area contributed by atoms with Gasteiger partial charge in [-0.15, -0.1) is 12.4 Å². The number of halogens is 4. The Balaban J connectivity index is 0.00000441. The Labute approximate surface area is 133 Å². The number of hydrogen-bond donors (Lipinski definition) is 2. The van der Waals surface area contributed by atoms with Gasteiger partial charge in [-0.2, -0.15) is 13.2 Å². The van der Waals surface area contributed by atoms with Crippen LogP contribution in [0, 0.1) is 0 Å². The summed E-state index contributed by atoms with van der Waals surface area (Å²) in [6.07, 6.45) is -5.61. The van der Waals surface area contributed by atoms with Crippen LogP contribution in [0.15, 0.2) is 30.3 Å². The highest BCUT2D eigenvalue weighted by atomic mass is 35.5. The zero-order valence-corrected chi connectivity index (χ0v) is 12.9. The first-order valence-corrected chi connectivity index (χ1v) is 6.49. The summed E-state index contributed by atoms with van der Waals surface area (Å²) in [6.45, 7) is 0.0687. The summed E-state index contributed by atoms with van der Waals surface area (Å²) in [7, 11) is 1.36. The second kappa shape index (κ2) is 9.66. The third kappa shape index (κ3) is 7.11. The second-order valence-electron chi connectivity index (χ2n) is 4.65. The number of alkyl halides is 3. The molecule has 0 bridgehead atoms. The Bertz CT molecular complexity index is 439. The molecule has 0 aliphatic carbocycles. The van der Waals surface area contributed by atoms with E-state index in [0.717, 1.165) is 0 Å². The number of carbonyl (C=O) groups excluding carboxylic acids is 1. The van der Waals surface area contributed by atoms with Gasteiger partial charge in [-0.1, -0.05) is 30.3 Å². The van der Waals surface area contributed by atoms with E-state index in [-0.39, 0.29) is 31.8 Å². The molecule has 8 heteroatoms. The van der Waals surface area contributed by atoms with E-state index in [2.05, 4.69) is 0 Å². The van der Waals surface area contributed by atoms with E-state index in [1.165, 1.54) is 7.11 Å². The molecule has 1 aromatic rings. The Kier molecular flexibility index (Phi) is 9.08. The van der Waals surface area contributed by atoms with Crippen LogP contribution in [0.4, 0.5) is 13.2 Å². The number of ether oxygens (including phenoxy) is 1. The summed E-state index contributed by atoms with van der Waals surface area (Å²) in [5.41, 5.74) is 5.85. The monoisotopic (exact) mass is 340 g/mol. The van der Waals surface area contributed by atoms with Gasteiger partial charge in [0.2, 0.25) is 5.91 Å². The molecule has 0 aromatic heterocycles. The molecule has 0 spiro atoms. The molecule has 1 aromatic carbocycles. The van der Waals surface area contributed by atoms with Gasteiger partial charge >= 0.3 is 6.18 Å². The van der Waals surface area contributed by atoms with Gasteiger partial charge in [0.25, 0.3) is 0 Å². The lowest BCUT2D eigenvalue weighted by atomic mass is 10.1. The molecule has 4 nitrogen and oxygen atoms in total. The first-order chi connectivity index (χ1) is 9.86. The van der Waals surface area contributed by atoms with Crippen LogP contribution in [-0.4, -0.2) is 37.9 Å². The smallest absolute Gasteiger partial charge is 0.380 e. The van der Waals surface area contributed by atoms with Gasteiger partial charge in [0.1, 0.15) is 6.04 Å². The number of methoxy groups -OCH3 is 1. The molecule has 0 aliphatic rings. The maximum absolute atomic E-state index is 13.0. The van der Waals surface area contributed by atoms with Crippen LogP contribution in [0.3, 0.4) is 0 Å². The SMILES string of the molecule is COC(CN)CC(=O)NC(Cc1ccccc1)C(F)(F)F.Cl. The number of nitrogens with two attached hydrogens (primary N) is 1. The molecular weight excluding hydrogens is 321 g/mol. The summed E-state index contributed by atoms with van der Waals surface area (Å²) < 4.78 is 43.9. The minimum Gasteiger partial charge on any atom is -0.380 e. The van der Waals surface area contributed by atoms with Gasteiger partial charge in [-0.05, 0) is 5.56 Å². The van der Waals surface area contributed by atoms with E-state index < -0.39 is 24.2 Å². The molecule has 0 radical (unpaired) electrons. The zero-order chi connectivity index (χ0) is 15.9. The molecule has 0 saturated carbocycles. The molecule has 2 atom stereocenters. The van der Waals surface area contributed by atoms with Crippen LogP contribution in [0.2, 0.25) is 0 Å². The van der Waals surface area contributed by atoms with Crippen molar-refractivity contribution in [3.63, 3.8) is 0 Å². The van der Waals surface area contributed by atoms with E-state index in [4.69, 9.17) is 10.5 Å². The maximum Gasteiger partial charge on any atom is 0.408 e. The predicted molar refractivity (Wildman–Crippen MR) is 79.8 cm³/mol. The fourth-order valence-corrected chi connectivity index (χ4v) is 1.82. The summed E-state index contributed by atoms with van der Waals surface area (Å²) >= 11 is 0. The highest BCUT2D eigenvalue weighted by Crippen LogP contribution is 2.23. The van der Waals surface area contributed by atoms with Crippen molar-refractivity contribution in [2.45, 2.75) is 31.2 Å². The van der Waals surface area contributed by atoms with Crippen molar-refractivity contribution < 1.29 is 22.7 Å². The molecule has 22 heavy (non-hydrogen) atoms. The van der Waals surface area contributed by atoms with Crippen molar-refractivity contribution in [2.24, 2.45) is 5.73 Å². The molecule has 0 aliphatic heterocycles. The summed E-state index contributed by atoms with van der Waals surface area (Å²) in [5, 5.41) is 2.01. The first-order valence-electron chi connectivity index (χ1n) is 6.49. The fraction of sp³-hybridized carbons (Fsp3) is 0.500. The Hall–Kier alpha value is -1.31. The van der Waals surface area contributed by atoms with E-state index in [9.17, 15) is 18.0 Å². The molecular formula is C14H20ClF3N2O2. The number of benzene rings is 1. The average molecular weight is 341 g/mol. The number of hydrogen-bond acceptors (Lipinski definition) is 3. The van der Waals surface area contributed by atoms with Gasteiger partial charge in [0, 0.05) is 20.1 Å². The number of rotatable bonds is 7. The van der Waals surface area contributed by atoms with Crippen LogP contribution >= 0.6 is 12.4 Å². The second-order valence-corrected chi connectivity index (χ2v) is 4.65. The minimum absolute atomic E-state index is 0. The van der Waals surface area contributed by atoms with Crippen LogP contribution < -0.4 is 11.1 Å². The molecule has 0 saturated heterocycles. The van der Waals surface area contributed by atoms with Crippen molar-refractivity contribution >= 4 is 18.3 Å². The number of amides is 1. The van der Waals surface area contributed by atoms with E-state index in [1.54, 1.807) is 30.3 Å². The molecule has 0 heterocycles. The number of nitrogens with one attached hydrogen (secondary N) is 1. The topological polar surface area (TPSA) is 64.3 Å². The van der Waals surface area contributed by atoms with Crippen molar-refractivity contribution in [1.29, 1.82) is 0 Å². The number of carbonyl (C=O) groups is 1. The van der Waals surface area contributed by atoms with E-state index in [1.807, 2.05) is 5.32 Å². The fourth-order valence-electron chi connectivity index (χ4n) is 1.82. The summed E-state index contributed by atoms with van der Waals surface area (Å²) in [5.74, 6) is -0.731. The van der Waals surface area contributed by atoms with Gasteiger partial charge < -0.3 is 15.8 Å². The zero-order valence-electron chi connectivity index (χ0n) is 12.1. The third-order valence-electron chi connectivity index (χ3n) is 3.02. The predicted octanol–water partition coefficient (Wildman–Crippen LogP) is 2.06. The summed E-state index contributed by atoms with van der Waals surface area (Å²) in [6, 6.07) is 6.27. The Morgan fingerprint density at radius 3 is 2.36 bits per heavy atom. The van der Waals surface area contributed by atoms with E-state index >= 15 is 0 Å². The minimum atomic E-state index is -4.52. The Morgan fingerprint density at radius 2 is 1.91 bits per heavy atom. The van der Waals surface area contributed by atoms with Crippen LogP contribution in [0.1, 0.15) is 12.0 Å². The van der Waals surface area contributed by atoms with Gasteiger partial charge in [-0.25, -0.2) is 0 Å². The average Bonchev–Trinajstić information content (AvgIpc) is 2.44. The van der Waals surface area contributed by atoms with Crippen molar-refractivity contribution in [3.8, 4) is 0 Å². The largest absolute Gasteiger partial charge is 0.408 e. The lowest BCUT2D eigenvalue weighted by Gasteiger charge is -2.23. The van der Waals surface area contributed by atoms with Crippen LogP contribution in [-0.2, 0) is 16.0 Å². The quantitative estimate of drug-likeness (QED) is 0.798. The van der Waals surface area contributed by atoms with Crippen molar-refractivity contribution in [1.82, 2.24) is 5.32 Å². The normalized spacial score (nSPS) is 13.9. The third-order valence-corrected chi connectivity index (χ3v) is 3.02.